The van der Waals surface area contributed by atoms with Crippen LogP contribution < -0.4 is 0 Å². The van der Waals surface area contributed by atoms with Crippen LogP contribution in [-0.2, 0) is 6.42 Å². The van der Waals surface area contributed by atoms with Gasteiger partial charge in [-0.1, -0.05) is 31.2 Å². The maximum absolute atomic E-state index is 2.58. The third-order valence-corrected chi connectivity index (χ3v) is 3.56. The molecule has 0 aliphatic carbocycles. The van der Waals surface area contributed by atoms with Crippen molar-refractivity contribution in [3.63, 3.8) is 0 Å². The maximum Gasteiger partial charge on any atom is 0.0319 e. The van der Waals surface area contributed by atoms with E-state index in [-0.39, 0.29) is 0 Å². The van der Waals surface area contributed by atoms with Gasteiger partial charge in [-0.3, -0.25) is 4.90 Å². The molecule has 1 nitrogen and oxygen atoms in total. The summed E-state index contributed by atoms with van der Waals surface area (Å²) in [4.78, 5) is 2.58. The van der Waals surface area contributed by atoms with E-state index in [2.05, 4.69) is 43.0 Å². The van der Waals surface area contributed by atoms with Crippen LogP contribution in [0.4, 0.5) is 0 Å². The zero-order chi connectivity index (χ0) is 10.7. The summed E-state index contributed by atoms with van der Waals surface area (Å²) in [5, 5.41) is 0. The molecule has 1 heteroatoms. The summed E-state index contributed by atoms with van der Waals surface area (Å²) < 4.78 is 0. The van der Waals surface area contributed by atoms with Crippen molar-refractivity contribution in [1.29, 1.82) is 0 Å². The molecule has 1 aromatic rings. The molecule has 1 aliphatic rings. The topological polar surface area (TPSA) is 3.24 Å². The number of hydrogen-bond acceptors (Lipinski definition) is 1. The highest BCUT2D eigenvalue weighted by Crippen LogP contribution is 2.24. The van der Waals surface area contributed by atoms with Crippen molar-refractivity contribution >= 4 is 0 Å². The summed E-state index contributed by atoms with van der Waals surface area (Å²) in [6.45, 7) is 7.08. The molecule has 0 N–H and O–H groups in total. The van der Waals surface area contributed by atoms with E-state index in [4.69, 9.17) is 0 Å². The summed E-state index contributed by atoms with van der Waals surface area (Å²) >= 11 is 0. The van der Waals surface area contributed by atoms with Crippen LogP contribution in [0.1, 0.15) is 43.9 Å². The van der Waals surface area contributed by atoms with E-state index in [9.17, 15) is 0 Å². The largest absolute Gasteiger partial charge is 0.297 e. The summed E-state index contributed by atoms with van der Waals surface area (Å²) in [7, 11) is 0. The van der Waals surface area contributed by atoms with E-state index in [0.717, 1.165) is 6.42 Å². The highest BCUT2D eigenvalue weighted by atomic mass is 15.2. The standard InChI is InChI=1S/C14H21N/c1-3-13-6-8-14(9-7-13)12(2)15-10-4-5-11-15/h6-9,12H,3-5,10-11H2,1-2H3. The Hall–Kier alpha value is -0.820. The van der Waals surface area contributed by atoms with Gasteiger partial charge < -0.3 is 0 Å². The molecule has 0 amide bonds. The van der Waals surface area contributed by atoms with Gasteiger partial charge in [-0.25, -0.2) is 0 Å². The Balaban J connectivity index is 2.07. The summed E-state index contributed by atoms with van der Waals surface area (Å²) in [6, 6.07) is 9.71. The van der Waals surface area contributed by atoms with Gasteiger partial charge in [0.1, 0.15) is 0 Å². The van der Waals surface area contributed by atoms with E-state index in [0.29, 0.717) is 6.04 Å². The van der Waals surface area contributed by atoms with E-state index in [1.807, 2.05) is 0 Å². The molecule has 1 heterocycles. The van der Waals surface area contributed by atoms with Crippen LogP contribution in [0.15, 0.2) is 24.3 Å². The van der Waals surface area contributed by atoms with Crippen molar-refractivity contribution < 1.29 is 0 Å². The molecule has 1 fully saturated rings. The molecule has 0 spiro atoms. The predicted molar refractivity (Wildman–Crippen MR) is 65.0 cm³/mol. The fourth-order valence-corrected chi connectivity index (χ4v) is 2.37. The number of rotatable bonds is 3. The van der Waals surface area contributed by atoms with Crippen LogP contribution in [0.25, 0.3) is 0 Å². The smallest absolute Gasteiger partial charge is 0.0319 e. The van der Waals surface area contributed by atoms with Gasteiger partial charge in [0.2, 0.25) is 0 Å². The number of aryl methyl sites for hydroxylation is 1. The SMILES string of the molecule is CCc1ccc(C(C)N2CCCC2)cc1. The molecule has 0 aromatic heterocycles. The number of benzene rings is 1. The van der Waals surface area contributed by atoms with Gasteiger partial charge in [0.25, 0.3) is 0 Å². The molecule has 1 aliphatic heterocycles. The van der Waals surface area contributed by atoms with Gasteiger partial charge in [-0.05, 0) is 50.4 Å². The first-order valence-corrected chi connectivity index (χ1v) is 6.14. The van der Waals surface area contributed by atoms with Gasteiger partial charge in [0, 0.05) is 6.04 Å². The van der Waals surface area contributed by atoms with E-state index in [1.54, 1.807) is 0 Å². The molecular formula is C14H21N. The molecule has 1 atom stereocenters. The van der Waals surface area contributed by atoms with Gasteiger partial charge >= 0.3 is 0 Å². The Bertz CT molecular complexity index is 296. The minimum Gasteiger partial charge on any atom is -0.297 e. The number of hydrogen-bond donors (Lipinski definition) is 0. The third kappa shape index (κ3) is 2.40. The van der Waals surface area contributed by atoms with Crippen molar-refractivity contribution in [3.8, 4) is 0 Å². The second kappa shape index (κ2) is 4.80. The maximum atomic E-state index is 2.58. The van der Waals surface area contributed by atoms with Gasteiger partial charge in [0.15, 0.2) is 0 Å². The highest BCUT2D eigenvalue weighted by Gasteiger charge is 2.18. The average molecular weight is 203 g/mol. The summed E-state index contributed by atoms with van der Waals surface area (Å²) in [6.07, 6.45) is 3.88. The zero-order valence-electron chi connectivity index (χ0n) is 9.87. The molecule has 1 saturated heterocycles. The van der Waals surface area contributed by atoms with Gasteiger partial charge in [0.05, 0.1) is 0 Å². The van der Waals surface area contributed by atoms with E-state index < -0.39 is 0 Å². The fourth-order valence-electron chi connectivity index (χ4n) is 2.37. The van der Waals surface area contributed by atoms with Gasteiger partial charge in [-0.15, -0.1) is 0 Å². The Morgan fingerprint density at radius 1 is 1.13 bits per heavy atom. The van der Waals surface area contributed by atoms with Crippen LogP contribution in [0.2, 0.25) is 0 Å². The lowest BCUT2D eigenvalue weighted by Crippen LogP contribution is -2.23. The molecule has 0 bridgehead atoms. The zero-order valence-corrected chi connectivity index (χ0v) is 9.87. The first kappa shape index (κ1) is 10.7. The molecule has 1 aromatic carbocycles. The van der Waals surface area contributed by atoms with Crippen LogP contribution in [0.5, 0.6) is 0 Å². The minimum absolute atomic E-state index is 0.596. The molecular weight excluding hydrogens is 182 g/mol. The third-order valence-electron chi connectivity index (χ3n) is 3.56. The summed E-state index contributed by atoms with van der Waals surface area (Å²) in [5.74, 6) is 0. The lowest BCUT2D eigenvalue weighted by atomic mass is 10.0. The monoisotopic (exact) mass is 203 g/mol. The second-order valence-electron chi connectivity index (χ2n) is 4.51. The van der Waals surface area contributed by atoms with Crippen molar-refractivity contribution in [2.45, 2.75) is 39.2 Å². The lowest BCUT2D eigenvalue weighted by molar-refractivity contribution is 0.263. The van der Waals surface area contributed by atoms with Crippen LogP contribution in [-0.4, -0.2) is 18.0 Å². The Kier molecular flexibility index (Phi) is 3.42. The van der Waals surface area contributed by atoms with Crippen LogP contribution >= 0.6 is 0 Å². The Morgan fingerprint density at radius 3 is 2.27 bits per heavy atom. The normalized spacial score (nSPS) is 19.3. The average Bonchev–Trinajstić information content (AvgIpc) is 2.82. The Labute approximate surface area is 93.1 Å². The number of nitrogens with zero attached hydrogens (tertiary/aromatic N) is 1. The second-order valence-corrected chi connectivity index (χ2v) is 4.51. The summed E-state index contributed by atoms with van der Waals surface area (Å²) in [5.41, 5.74) is 2.90. The predicted octanol–water partition coefficient (Wildman–Crippen LogP) is 3.41. The first-order chi connectivity index (χ1) is 7.31. The molecule has 0 saturated carbocycles. The van der Waals surface area contributed by atoms with E-state index >= 15 is 0 Å². The van der Waals surface area contributed by atoms with Crippen LogP contribution in [0.3, 0.4) is 0 Å². The Morgan fingerprint density at radius 2 is 1.73 bits per heavy atom. The molecule has 1 unspecified atom stereocenters. The molecule has 2 rings (SSSR count). The van der Waals surface area contributed by atoms with Crippen molar-refractivity contribution in [1.82, 2.24) is 4.90 Å². The van der Waals surface area contributed by atoms with Crippen molar-refractivity contribution in [3.05, 3.63) is 35.4 Å². The van der Waals surface area contributed by atoms with Crippen LogP contribution in [0, 0.1) is 0 Å². The fraction of sp³-hybridized carbons (Fsp3) is 0.571. The van der Waals surface area contributed by atoms with Crippen molar-refractivity contribution in [2.24, 2.45) is 0 Å². The molecule has 82 valence electrons. The molecule has 0 radical (unpaired) electrons. The minimum atomic E-state index is 0.596. The van der Waals surface area contributed by atoms with E-state index in [1.165, 1.54) is 37.1 Å². The first-order valence-electron chi connectivity index (χ1n) is 6.14. The highest BCUT2D eigenvalue weighted by molar-refractivity contribution is 5.24. The quantitative estimate of drug-likeness (QED) is 0.727. The lowest BCUT2D eigenvalue weighted by Gasteiger charge is -2.24. The number of likely N-dealkylation sites (tertiary alicyclic amines) is 1. The van der Waals surface area contributed by atoms with Crippen molar-refractivity contribution in [2.75, 3.05) is 13.1 Å². The molecule has 15 heavy (non-hydrogen) atoms. The van der Waals surface area contributed by atoms with Gasteiger partial charge in [-0.2, -0.15) is 0 Å².